The van der Waals surface area contributed by atoms with Gasteiger partial charge in [-0.2, -0.15) is 0 Å². The van der Waals surface area contributed by atoms with Gasteiger partial charge in [-0.15, -0.1) is 0 Å². The van der Waals surface area contributed by atoms with Crippen LogP contribution in [-0.2, 0) is 9.53 Å². The SMILES string of the molecule is CCOC(=O)C1C(C)=C(CN2CCCCC2)NC1C. The van der Waals surface area contributed by atoms with Crippen LogP contribution >= 0.6 is 0 Å². The van der Waals surface area contributed by atoms with Gasteiger partial charge in [0, 0.05) is 18.3 Å². The van der Waals surface area contributed by atoms with Crippen LogP contribution in [0.5, 0.6) is 0 Å². The molecule has 4 heteroatoms. The van der Waals surface area contributed by atoms with Gasteiger partial charge in [0.2, 0.25) is 0 Å². The lowest BCUT2D eigenvalue weighted by molar-refractivity contribution is -0.147. The second-order valence-corrected chi connectivity index (χ2v) is 5.66. The zero-order valence-electron chi connectivity index (χ0n) is 12.4. The van der Waals surface area contributed by atoms with E-state index in [9.17, 15) is 4.79 Å². The Bertz CT molecular complexity index is 359. The Morgan fingerprint density at radius 1 is 1.37 bits per heavy atom. The first-order valence-electron chi connectivity index (χ1n) is 7.48. The van der Waals surface area contributed by atoms with Crippen molar-refractivity contribution >= 4 is 5.97 Å². The maximum Gasteiger partial charge on any atom is 0.315 e. The first kappa shape index (κ1) is 14.4. The standard InChI is InChI=1S/C15H26N2O2/c1-4-19-15(18)14-11(2)13(16-12(14)3)10-17-8-6-5-7-9-17/h12,14,16H,4-10H2,1-3H3. The van der Waals surface area contributed by atoms with E-state index in [2.05, 4.69) is 24.1 Å². The maximum atomic E-state index is 12.0. The van der Waals surface area contributed by atoms with Crippen LogP contribution in [0.25, 0.3) is 0 Å². The van der Waals surface area contributed by atoms with E-state index in [1.807, 2.05) is 6.92 Å². The molecule has 1 N–H and O–H groups in total. The first-order valence-corrected chi connectivity index (χ1v) is 7.48. The topological polar surface area (TPSA) is 41.6 Å². The third-order valence-corrected chi connectivity index (χ3v) is 4.22. The Morgan fingerprint density at radius 3 is 2.68 bits per heavy atom. The van der Waals surface area contributed by atoms with Crippen LogP contribution in [0.2, 0.25) is 0 Å². The molecule has 0 spiro atoms. The van der Waals surface area contributed by atoms with Gasteiger partial charge in [-0.05, 0) is 52.3 Å². The minimum absolute atomic E-state index is 0.0892. The van der Waals surface area contributed by atoms with Gasteiger partial charge in [0.1, 0.15) is 0 Å². The molecule has 0 radical (unpaired) electrons. The van der Waals surface area contributed by atoms with Gasteiger partial charge in [0.15, 0.2) is 0 Å². The molecule has 108 valence electrons. The molecule has 0 aromatic heterocycles. The highest BCUT2D eigenvalue weighted by Crippen LogP contribution is 2.27. The van der Waals surface area contributed by atoms with E-state index in [1.165, 1.54) is 38.0 Å². The molecule has 4 nitrogen and oxygen atoms in total. The van der Waals surface area contributed by atoms with Crippen molar-refractivity contribution in [3.8, 4) is 0 Å². The third kappa shape index (κ3) is 3.30. The molecule has 2 rings (SSSR count). The smallest absolute Gasteiger partial charge is 0.315 e. The van der Waals surface area contributed by atoms with E-state index in [0.29, 0.717) is 6.61 Å². The van der Waals surface area contributed by atoms with Gasteiger partial charge >= 0.3 is 5.97 Å². The largest absolute Gasteiger partial charge is 0.465 e. The van der Waals surface area contributed by atoms with Crippen LogP contribution in [0.3, 0.4) is 0 Å². The number of carbonyl (C=O) groups is 1. The van der Waals surface area contributed by atoms with Crippen molar-refractivity contribution in [2.24, 2.45) is 5.92 Å². The predicted octanol–water partition coefficient (Wildman–Crippen LogP) is 1.92. The number of piperidine rings is 1. The van der Waals surface area contributed by atoms with Crippen LogP contribution < -0.4 is 5.32 Å². The van der Waals surface area contributed by atoms with Gasteiger partial charge < -0.3 is 10.1 Å². The molecule has 0 saturated carbocycles. The monoisotopic (exact) mass is 266 g/mol. The Labute approximate surface area is 116 Å². The van der Waals surface area contributed by atoms with E-state index < -0.39 is 0 Å². The second-order valence-electron chi connectivity index (χ2n) is 5.66. The van der Waals surface area contributed by atoms with Crippen LogP contribution in [0.4, 0.5) is 0 Å². The molecular weight excluding hydrogens is 240 g/mol. The minimum atomic E-state index is -0.111. The highest BCUT2D eigenvalue weighted by atomic mass is 16.5. The molecule has 2 atom stereocenters. The summed E-state index contributed by atoms with van der Waals surface area (Å²) in [6.45, 7) is 9.75. The summed E-state index contributed by atoms with van der Waals surface area (Å²) in [6, 6.07) is 0.152. The molecule has 19 heavy (non-hydrogen) atoms. The fraction of sp³-hybridized carbons (Fsp3) is 0.800. The number of nitrogens with one attached hydrogen (secondary N) is 1. The molecule has 2 aliphatic rings. The summed E-state index contributed by atoms with van der Waals surface area (Å²) < 4.78 is 5.18. The Hall–Kier alpha value is -1.03. The van der Waals surface area contributed by atoms with Gasteiger partial charge in [-0.3, -0.25) is 9.69 Å². The number of hydrogen-bond acceptors (Lipinski definition) is 4. The molecule has 0 aliphatic carbocycles. The average molecular weight is 266 g/mol. The van der Waals surface area contributed by atoms with Crippen molar-refractivity contribution in [3.05, 3.63) is 11.3 Å². The molecule has 1 fully saturated rings. The molecule has 1 saturated heterocycles. The lowest BCUT2D eigenvalue weighted by atomic mass is 9.96. The maximum absolute atomic E-state index is 12.0. The third-order valence-electron chi connectivity index (χ3n) is 4.22. The predicted molar refractivity (Wildman–Crippen MR) is 75.7 cm³/mol. The first-order chi connectivity index (χ1) is 9.13. The summed E-state index contributed by atoms with van der Waals surface area (Å²) in [4.78, 5) is 14.5. The summed E-state index contributed by atoms with van der Waals surface area (Å²) in [5.41, 5.74) is 2.39. The average Bonchev–Trinajstić information content (AvgIpc) is 2.66. The molecule has 0 amide bonds. The minimum Gasteiger partial charge on any atom is -0.465 e. The zero-order valence-corrected chi connectivity index (χ0v) is 12.4. The molecule has 2 heterocycles. The molecule has 0 aromatic carbocycles. The number of hydrogen-bond donors (Lipinski definition) is 1. The lowest BCUT2D eigenvalue weighted by Crippen LogP contribution is -2.36. The van der Waals surface area contributed by atoms with Crippen molar-refractivity contribution < 1.29 is 9.53 Å². The summed E-state index contributed by atoms with van der Waals surface area (Å²) in [5.74, 6) is -0.201. The van der Waals surface area contributed by atoms with E-state index in [1.54, 1.807) is 0 Å². The van der Waals surface area contributed by atoms with Crippen molar-refractivity contribution in [2.45, 2.75) is 46.1 Å². The number of nitrogens with zero attached hydrogens (tertiary/aromatic N) is 1. The highest BCUT2D eigenvalue weighted by molar-refractivity contribution is 5.77. The molecular formula is C15H26N2O2. The summed E-state index contributed by atoms with van der Waals surface area (Å²) >= 11 is 0. The number of rotatable bonds is 4. The van der Waals surface area contributed by atoms with Crippen molar-refractivity contribution in [2.75, 3.05) is 26.2 Å². The van der Waals surface area contributed by atoms with E-state index in [4.69, 9.17) is 4.74 Å². The van der Waals surface area contributed by atoms with Gasteiger partial charge in [-0.1, -0.05) is 6.42 Å². The van der Waals surface area contributed by atoms with Crippen molar-refractivity contribution in [1.29, 1.82) is 0 Å². The van der Waals surface area contributed by atoms with Gasteiger partial charge in [-0.25, -0.2) is 0 Å². The Morgan fingerprint density at radius 2 is 2.05 bits per heavy atom. The van der Waals surface area contributed by atoms with E-state index >= 15 is 0 Å². The van der Waals surface area contributed by atoms with E-state index in [-0.39, 0.29) is 17.9 Å². The van der Waals surface area contributed by atoms with Crippen LogP contribution in [0.15, 0.2) is 11.3 Å². The number of ether oxygens (including phenoxy) is 1. The molecule has 0 bridgehead atoms. The second kappa shape index (κ2) is 6.42. The fourth-order valence-electron chi connectivity index (χ4n) is 3.16. The summed E-state index contributed by atoms with van der Waals surface area (Å²) in [7, 11) is 0. The summed E-state index contributed by atoms with van der Waals surface area (Å²) in [5, 5.41) is 3.48. The van der Waals surface area contributed by atoms with Crippen LogP contribution in [-0.4, -0.2) is 43.2 Å². The van der Waals surface area contributed by atoms with E-state index in [0.717, 1.165) is 12.1 Å². The molecule has 2 aliphatic heterocycles. The van der Waals surface area contributed by atoms with Crippen LogP contribution in [0, 0.1) is 5.92 Å². The molecule has 2 unspecified atom stereocenters. The number of likely N-dealkylation sites (tertiary alicyclic amines) is 1. The van der Waals surface area contributed by atoms with Crippen LogP contribution in [0.1, 0.15) is 40.0 Å². The van der Waals surface area contributed by atoms with Gasteiger partial charge in [0.05, 0.1) is 12.5 Å². The summed E-state index contributed by atoms with van der Waals surface area (Å²) in [6.07, 6.45) is 3.94. The Balaban J connectivity index is 2.01. The van der Waals surface area contributed by atoms with Gasteiger partial charge in [0.25, 0.3) is 0 Å². The lowest BCUT2D eigenvalue weighted by Gasteiger charge is -2.27. The van der Waals surface area contributed by atoms with Crippen molar-refractivity contribution in [1.82, 2.24) is 10.2 Å². The fourth-order valence-corrected chi connectivity index (χ4v) is 3.16. The molecule has 0 aromatic rings. The normalized spacial score (nSPS) is 28.4. The highest BCUT2D eigenvalue weighted by Gasteiger charge is 2.35. The quantitative estimate of drug-likeness (QED) is 0.789. The zero-order chi connectivity index (χ0) is 13.8. The Kier molecular flexibility index (Phi) is 4.86. The number of carbonyl (C=O) groups excluding carboxylic acids is 1. The van der Waals surface area contributed by atoms with Crippen molar-refractivity contribution in [3.63, 3.8) is 0 Å². The number of esters is 1.